The van der Waals surface area contributed by atoms with E-state index in [0.717, 1.165) is 0 Å². The van der Waals surface area contributed by atoms with Crippen LogP contribution in [0.5, 0.6) is 0 Å². The summed E-state index contributed by atoms with van der Waals surface area (Å²) in [4.78, 5) is 10.6. The molecule has 0 aromatic carbocycles. The highest BCUT2D eigenvalue weighted by Gasteiger charge is 2.66. The smallest absolute Gasteiger partial charge is 0.280 e. The van der Waals surface area contributed by atoms with Crippen LogP contribution in [0.3, 0.4) is 0 Å². The van der Waals surface area contributed by atoms with Gasteiger partial charge in [-0.1, -0.05) is 6.92 Å². The van der Waals surface area contributed by atoms with Gasteiger partial charge < -0.3 is 5.73 Å². The van der Waals surface area contributed by atoms with Gasteiger partial charge in [0.1, 0.15) is 0 Å². The van der Waals surface area contributed by atoms with Crippen molar-refractivity contribution in [1.29, 1.82) is 0 Å². The van der Waals surface area contributed by atoms with E-state index in [0.29, 0.717) is 0 Å². The second-order valence-corrected chi connectivity index (χ2v) is 4.51. The maximum Gasteiger partial charge on any atom is 0.280 e. The van der Waals surface area contributed by atoms with E-state index in [1.165, 1.54) is 0 Å². The summed E-state index contributed by atoms with van der Waals surface area (Å²) >= 11 is 0. The minimum absolute atomic E-state index is 0.126. The molecule has 2 unspecified atom stereocenters. The summed E-state index contributed by atoms with van der Waals surface area (Å²) in [7, 11) is -4.31. The van der Waals surface area contributed by atoms with Gasteiger partial charge in [0.05, 0.1) is 0 Å². The Bertz CT molecular complexity index is 296. The van der Waals surface area contributed by atoms with Crippen molar-refractivity contribution in [3.05, 3.63) is 0 Å². The van der Waals surface area contributed by atoms with Crippen LogP contribution in [0.15, 0.2) is 0 Å². The van der Waals surface area contributed by atoms with Gasteiger partial charge in [0, 0.05) is 0 Å². The first kappa shape index (κ1) is 8.48. The van der Waals surface area contributed by atoms with Gasteiger partial charge in [0.2, 0.25) is 5.91 Å². The molecule has 0 aromatic rings. The van der Waals surface area contributed by atoms with Gasteiger partial charge in [0.15, 0.2) is 4.75 Å². The fraction of sp³-hybridized carbons (Fsp3) is 0.800. The molecule has 2 atom stereocenters. The molecular weight excluding hydrogens is 170 g/mol. The minimum Gasteiger partial charge on any atom is -0.368 e. The Hall–Kier alpha value is -0.620. The van der Waals surface area contributed by atoms with Crippen LogP contribution in [-0.4, -0.2) is 23.6 Å². The fourth-order valence-electron chi connectivity index (χ4n) is 1.23. The van der Waals surface area contributed by atoms with Gasteiger partial charge in [-0.3, -0.25) is 9.35 Å². The molecule has 0 radical (unpaired) electrons. The molecule has 0 spiro atoms. The number of carbonyl (C=O) groups is 1. The number of carbonyl (C=O) groups excluding carboxylic acids is 1. The predicted molar refractivity (Wildman–Crippen MR) is 37.3 cm³/mol. The number of hydrogen-bond donors (Lipinski definition) is 2. The Morgan fingerprint density at radius 2 is 2.09 bits per heavy atom. The van der Waals surface area contributed by atoms with E-state index in [9.17, 15) is 13.2 Å². The van der Waals surface area contributed by atoms with Crippen molar-refractivity contribution in [2.45, 2.75) is 18.1 Å². The van der Waals surface area contributed by atoms with Crippen LogP contribution in [-0.2, 0) is 14.9 Å². The van der Waals surface area contributed by atoms with E-state index in [4.69, 9.17) is 10.3 Å². The molecule has 1 aliphatic carbocycles. The Labute approximate surface area is 64.3 Å². The molecule has 64 valence electrons. The van der Waals surface area contributed by atoms with E-state index in [-0.39, 0.29) is 12.3 Å². The van der Waals surface area contributed by atoms with Crippen molar-refractivity contribution in [3.8, 4) is 0 Å². The molecule has 0 aromatic heterocycles. The third-order valence-corrected chi connectivity index (χ3v) is 3.81. The predicted octanol–water partition coefficient (Wildman–Crippen LogP) is -0.862. The largest absolute Gasteiger partial charge is 0.368 e. The highest BCUT2D eigenvalue weighted by Crippen LogP contribution is 2.48. The normalized spacial score (nSPS) is 36.7. The third-order valence-electron chi connectivity index (χ3n) is 2.12. The average molecular weight is 179 g/mol. The summed E-state index contributed by atoms with van der Waals surface area (Å²) in [5.74, 6) is -1.33. The summed E-state index contributed by atoms with van der Waals surface area (Å²) in [6.07, 6.45) is 0.126. The van der Waals surface area contributed by atoms with Crippen molar-refractivity contribution < 1.29 is 17.8 Å². The highest BCUT2D eigenvalue weighted by atomic mass is 32.2. The molecule has 6 heteroatoms. The molecule has 11 heavy (non-hydrogen) atoms. The van der Waals surface area contributed by atoms with Crippen LogP contribution >= 0.6 is 0 Å². The van der Waals surface area contributed by atoms with Gasteiger partial charge in [0.25, 0.3) is 10.1 Å². The van der Waals surface area contributed by atoms with Gasteiger partial charge in [-0.15, -0.1) is 0 Å². The molecule has 1 aliphatic rings. The fourth-order valence-corrected chi connectivity index (χ4v) is 2.45. The van der Waals surface area contributed by atoms with E-state index >= 15 is 0 Å². The van der Waals surface area contributed by atoms with E-state index in [1.807, 2.05) is 0 Å². The second kappa shape index (κ2) is 1.95. The Morgan fingerprint density at radius 1 is 1.73 bits per heavy atom. The van der Waals surface area contributed by atoms with Crippen molar-refractivity contribution >= 4 is 16.0 Å². The number of hydrogen-bond acceptors (Lipinski definition) is 3. The molecule has 3 N–H and O–H groups in total. The molecule has 0 saturated heterocycles. The molecule has 1 amide bonds. The van der Waals surface area contributed by atoms with Gasteiger partial charge in [-0.25, -0.2) is 0 Å². The lowest BCUT2D eigenvalue weighted by molar-refractivity contribution is -0.118. The molecule has 1 fully saturated rings. The van der Waals surface area contributed by atoms with Crippen molar-refractivity contribution in [2.24, 2.45) is 11.7 Å². The molecule has 0 heterocycles. The second-order valence-electron chi connectivity index (χ2n) is 2.83. The number of rotatable bonds is 2. The summed E-state index contributed by atoms with van der Waals surface area (Å²) < 4.78 is 28.2. The molecule has 0 bridgehead atoms. The maximum absolute atomic E-state index is 10.6. The van der Waals surface area contributed by atoms with E-state index in [2.05, 4.69) is 0 Å². The zero-order valence-corrected chi connectivity index (χ0v) is 6.76. The first-order valence-corrected chi connectivity index (χ1v) is 4.53. The highest BCUT2D eigenvalue weighted by molar-refractivity contribution is 7.88. The van der Waals surface area contributed by atoms with Crippen LogP contribution in [0.25, 0.3) is 0 Å². The zero-order valence-electron chi connectivity index (χ0n) is 5.94. The first-order chi connectivity index (χ1) is 4.82. The SMILES string of the molecule is CC1CC1(C(N)=O)S(=O)(=O)O. The van der Waals surface area contributed by atoms with Crippen LogP contribution in [0.1, 0.15) is 13.3 Å². The van der Waals surface area contributed by atoms with Gasteiger partial charge >= 0.3 is 0 Å². The summed E-state index contributed by atoms with van der Waals surface area (Å²) in [6.45, 7) is 1.55. The molecule has 5 nitrogen and oxygen atoms in total. The van der Waals surface area contributed by atoms with E-state index in [1.54, 1.807) is 6.92 Å². The number of amides is 1. The minimum atomic E-state index is -4.31. The van der Waals surface area contributed by atoms with Crippen LogP contribution < -0.4 is 5.73 Å². The molecule has 0 aliphatic heterocycles. The molecule has 1 saturated carbocycles. The zero-order chi connectivity index (χ0) is 8.86. The summed E-state index contributed by atoms with van der Waals surface area (Å²) in [5.41, 5.74) is 4.83. The van der Waals surface area contributed by atoms with Crippen LogP contribution in [0, 0.1) is 5.92 Å². The van der Waals surface area contributed by atoms with Crippen LogP contribution in [0.2, 0.25) is 0 Å². The quantitative estimate of drug-likeness (QED) is 0.539. The number of nitrogens with two attached hydrogens (primary N) is 1. The van der Waals surface area contributed by atoms with Gasteiger partial charge in [-0.05, 0) is 12.3 Å². The monoisotopic (exact) mass is 179 g/mol. The standard InChI is InChI=1S/C5H9NO4S/c1-3-2-5(3,4(6)7)11(8,9)10/h3H,2H2,1H3,(H2,6,7)(H,8,9,10). The average Bonchev–Trinajstić information content (AvgIpc) is 2.39. The van der Waals surface area contributed by atoms with Crippen LogP contribution in [0.4, 0.5) is 0 Å². The van der Waals surface area contributed by atoms with Crippen molar-refractivity contribution in [1.82, 2.24) is 0 Å². The Morgan fingerprint density at radius 3 is 2.09 bits per heavy atom. The van der Waals surface area contributed by atoms with Crippen molar-refractivity contribution in [2.75, 3.05) is 0 Å². The third kappa shape index (κ3) is 0.935. The Kier molecular flexibility index (Phi) is 1.50. The maximum atomic E-state index is 10.6. The Balaban J connectivity index is 3.09. The lowest BCUT2D eigenvalue weighted by Gasteiger charge is -2.06. The molecule has 1 rings (SSSR count). The lowest BCUT2D eigenvalue weighted by Crippen LogP contribution is -2.39. The number of primary amides is 1. The van der Waals surface area contributed by atoms with Crippen molar-refractivity contribution in [3.63, 3.8) is 0 Å². The summed E-state index contributed by atoms with van der Waals surface area (Å²) in [6, 6.07) is 0. The first-order valence-electron chi connectivity index (χ1n) is 3.09. The van der Waals surface area contributed by atoms with E-state index < -0.39 is 20.8 Å². The lowest BCUT2D eigenvalue weighted by atomic mass is 10.3. The molecular formula is C5H9NO4S. The summed E-state index contributed by atoms with van der Waals surface area (Å²) in [5, 5.41) is 0. The topological polar surface area (TPSA) is 97.5 Å². The van der Waals surface area contributed by atoms with Gasteiger partial charge in [-0.2, -0.15) is 8.42 Å².